The lowest BCUT2D eigenvalue weighted by Gasteiger charge is -2.05. The molecule has 2 rings (SSSR count). The summed E-state index contributed by atoms with van der Waals surface area (Å²) in [6, 6.07) is 5.78. The number of benzene rings is 1. The maximum Gasteiger partial charge on any atom is 0.336 e. The van der Waals surface area contributed by atoms with Crippen molar-refractivity contribution >= 4 is 22.4 Å². The number of carbonyl (C=O) groups excluding carboxylic acids is 1. The number of carboxylic acid groups (broad SMARTS) is 1. The molecule has 104 valence electrons. The average Bonchev–Trinajstić information content (AvgIpc) is 2.85. The standard InChI is InChI=1S/C12H8O7S/c13-6-7-1-4-11(19-7)9-3-2-8(20(16,17)18)5-10(9)12(14)15/h1-6H,(H,14,15)(H,16,17,18). The van der Waals surface area contributed by atoms with Gasteiger partial charge in [0.1, 0.15) is 5.76 Å². The summed E-state index contributed by atoms with van der Waals surface area (Å²) in [5, 5.41) is 9.09. The molecular weight excluding hydrogens is 288 g/mol. The molecule has 0 aliphatic rings. The Kier molecular flexibility index (Phi) is 3.43. The van der Waals surface area contributed by atoms with Crippen molar-refractivity contribution in [2.24, 2.45) is 0 Å². The average molecular weight is 296 g/mol. The van der Waals surface area contributed by atoms with Gasteiger partial charge in [0.05, 0.1) is 10.5 Å². The van der Waals surface area contributed by atoms with Crippen molar-refractivity contribution in [2.75, 3.05) is 0 Å². The smallest absolute Gasteiger partial charge is 0.336 e. The van der Waals surface area contributed by atoms with E-state index in [1.165, 1.54) is 18.2 Å². The summed E-state index contributed by atoms with van der Waals surface area (Å²) in [7, 11) is -4.51. The van der Waals surface area contributed by atoms with Crippen LogP contribution in [0.4, 0.5) is 0 Å². The molecular formula is C12H8O7S. The normalized spacial score (nSPS) is 11.2. The Bertz CT molecular complexity index is 786. The van der Waals surface area contributed by atoms with Crippen LogP contribution in [0.5, 0.6) is 0 Å². The molecule has 0 saturated heterocycles. The molecule has 0 aliphatic carbocycles. The van der Waals surface area contributed by atoms with Gasteiger partial charge in [0.2, 0.25) is 0 Å². The Hall–Kier alpha value is -2.45. The molecule has 0 saturated carbocycles. The van der Waals surface area contributed by atoms with E-state index in [1.807, 2.05) is 0 Å². The van der Waals surface area contributed by atoms with Gasteiger partial charge in [-0.1, -0.05) is 0 Å². The summed E-state index contributed by atoms with van der Waals surface area (Å²) in [6.07, 6.45) is 0.455. The Labute approximate surface area is 113 Å². The molecule has 8 heteroatoms. The van der Waals surface area contributed by atoms with Crippen molar-refractivity contribution in [3.05, 3.63) is 41.7 Å². The fourth-order valence-electron chi connectivity index (χ4n) is 1.64. The molecule has 2 aromatic rings. The van der Waals surface area contributed by atoms with Crippen LogP contribution in [0.1, 0.15) is 20.9 Å². The maximum atomic E-state index is 11.2. The lowest BCUT2D eigenvalue weighted by atomic mass is 10.1. The fourth-order valence-corrected chi connectivity index (χ4v) is 2.14. The van der Waals surface area contributed by atoms with Gasteiger partial charge in [-0.3, -0.25) is 9.35 Å². The second-order valence-electron chi connectivity index (χ2n) is 3.81. The van der Waals surface area contributed by atoms with Crippen LogP contribution in [-0.2, 0) is 10.1 Å². The van der Waals surface area contributed by atoms with Crippen LogP contribution in [0.3, 0.4) is 0 Å². The number of hydrogen-bond acceptors (Lipinski definition) is 5. The highest BCUT2D eigenvalue weighted by Gasteiger charge is 2.19. The lowest BCUT2D eigenvalue weighted by Crippen LogP contribution is -2.04. The van der Waals surface area contributed by atoms with Crippen LogP contribution in [0.15, 0.2) is 39.6 Å². The summed E-state index contributed by atoms with van der Waals surface area (Å²) in [5.41, 5.74) is -0.273. The SMILES string of the molecule is O=Cc1ccc(-c2ccc(S(=O)(=O)O)cc2C(=O)O)o1. The molecule has 1 aromatic carbocycles. The molecule has 1 heterocycles. The summed E-state index contributed by atoms with van der Waals surface area (Å²) in [4.78, 5) is 21.2. The van der Waals surface area contributed by atoms with E-state index in [2.05, 4.69) is 0 Å². The van der Waals surface area contributed by atoms with Gasteiger partial charge in [-0.05, 0) is 30.3 Å². The summed E-state index contributed by atoms with van der Waals surface area (Å²) in [5.74, 6) is -1.28. The van der Waals surface area contributed by atoms with Gasteiger partial charge >= 0.3 is 5.97 Å². The molecule has 2 N–H and O–H groups in total. The third-order valence-electron chi connectivity index (χ3n) is 2.53. The first-order valence-corrected chi connectivity index (χ1v) is 6.67. The highest BCUT2D eigenvalue weighted by molar-refractivity contribution is 7.85. The molecule has 20 heavy (non-hydrogen) atoms. The summed E-state index contributed by atoms with van der Waals surface area (Å²) in [6.45, 7) is 0. The third-order valence-corrected chi connectivity index (χ3v) is 3.38. The number of aromatic carboxylic acids is 1. The van der Waals surface area contributed by atoms with Crippen molar-refractivity contribution in [3.8, 4) is 11.3 Å². The van der Waals surface area contributed by atoms with E-state index in [0.29, 0.717) is 6.29 Å². The zero-order valence-corrected chi connectivity index (χ0v) is 10.6. The summed E-state index contributed by atoms with van der Waals surface area (Å²) >= 11 is 0. The zero-order chi connectivity index (χ0) is 14.9. The van der Waals surface area contributed by atoms with E-state index < -0.39 is 21.0 Å². The number of furan rings is 1. The predicted octanol–water partition coefficient (Wildman–Crippen LogP) is 1.70. The van der Waals surface area contributed by atoms with Crippen LogP contribution in [0.2, 0.25) is 0 Å². The molecule has 0 spiro atoms. The second kappa shape index (κ2) is 4.91. The van der Waals surface area contributed by atoms with E-state index in [0.717, 1.165) is 12.1 Å². The maximum absolute atomic E-state index is 11.2. The Morgan fingerprint density at radius 1 is 1.20 bits per heavy atom. The third kappa shape index (κ3) is 2.60. The minimum Gasteiger partial charge on any atom is -0.478 e. The summed E-state index contributed by atoms with van der Waals surface area (Å²) < 4.78 is 36.0. The largest absolute Gasteiger partial charge is 0.478 e. The van der Waals surface area contributed by atoms with Crippen molar-refractivity contribution in [1.29, 1.82) is 0 Å². The molecule has 0 atom stereocenters. The first-order valence-electron chi connectivity index (χ1n) is 5.23. The van der Waals surface area contributed by atoms with Crippen LogP contribution in [0.25, 0.3) is 11.3 Å². The quantitative estimate of drug-likeness (QED) is 0.650. The van der Waals surface area contributed by atoms with Gasteiger partial charge in [-0.25, -0.2) is 4.79 Å². The second-order valence-corrected chi connectivity index (χ2v) is 5.23. The van der Waals surface area contributed by atoms with Crippen molar-refractivity contribution in [2.45, 2.75) is 4.90 Å². The first kappa shape index (κ1) is 14.0. The molecule has 0 radical (unpaired) electrons. The molecule has 0 unspecified atom stereocenters. The van der Waals surface area contributed by atoms with Gasteiger partial charge < -0.3 is 9.52 Å². The molecule has 0 fully saturated rings. The number of carbonyl (C=O) groups is 2. The highest BCUT2D eigenvalue weighted by Crippen LogP contribution is 2.27. The van der Waals surface area contributed by atoms with E-state index in [4.69, 9.17) is 14.1 Å². The van der Waals surface area contributed by atoms with Gasteiger partial charge in [0.15, 0.2) is 12.0 Å². The lowest BCUT2D eigenvalue weighted by molar-refractivity contribution is 0.0697. The van der Waals surface area contributed by atoms with Crippen LogP contribution >= 0.6 is 0 Å². The minimum atomic E-state index is -4.51. The van der Waals surface area contributed by atoms with E-state index in [1.54, 1.807) is 0 Å². The Morgan fingerprint density at radius 2 is 1.90 bits per heavy atom. The Morgan fingerprint density at radius 3 is 2.40 bits per heavy atom. The fraction of sp³-hybridized carbons (Fsp3) is 0. The predicted molar refractivity (Wildman–Crippen MR) is 66.3 cm³/mol. The van der Waals surface area contributed by atoms with Crippen molar-refractivity contribution in [1.82, 2.24) is 0 Å². The van der Waals surface area contributed by atoms with Gasteiger partial charge in [0.25, 0.3) is 10.1 Å². The highest BCUT2D eigenvalue weighted by atomic mass is 32.2. The van der Waals surface area contributed by atoms with Crippen LogP contribution in [0, 0.1) is 0 Å². The van der Waals surface area contributed by atoms with Gasteiger partial charge in [0, 0.05) is 5.56 Å². The monoisotopic (exact) mass is 296 g/mol. The number of rotatable bonds is 4. The zero-order valence-electron chi connectivity index (χ0n) is 9.81. The topological polar surface area (TPSA) is 122 Å². The molecule has 7 nitrogen and oxygen atoms in total. The number of aldehydes is 1. The van der Waals surface area contributed by atoms with Crippen LogP contribution < -0.4 is 0 Å². The molecule has 0 bridgehead atoms. The van der Waals surface area contributed by atoms with Crippen LogP contribution in [-0.4, -0.2) is 30.3 Å². The first-order chi connectivity index (χ1) is 9.32. The molecule has 1 aromatic heterocycles. The molecule has 0 aliphatic heterocycles. The van der Waals surface area contributed by atoms with Crippen molar-refractivity contribution in [3.63, 3.8) is 0 Å². The van der Waals surface area contributed by atoms with Gasteiger partial charge in [-0.15, -0.1) is 0 Å². The number of carboxylic acids is 1. The van der Waals surface area contributed by atoms with E-state index >= 15 is 0 Å². The minimum absolute atomic E-state index is 0.00944. The van der Waals surface area contributed by atoms with Gasteiger partial charge in [-0.2, -0.15) is 8.42 Å². The van der Waals surface area contributed by atoms with E-state index in [-0.39, 0.29) is 22.6 Å². The van der Waals surface area contributed by atoms with E-state index in [9.17, 15) is 18.0 Å². The van der Waals surface area contributed by atoms with Crippen molar-refractivity contribution < 1.29 is 32.1 Å². The molecule has 0 amide bonds. The Balaban J connectivity index is 2.64. The number of hydrogen-bond donors (Lipinski definition) is 2.